The first-order valence-electron chi connectivity index (χ1n) is 2.74. The molecule has 1 heterocycles. The van der Waals surface area contributed by atoms with Gasteiger partial charge in [0.15, 0.2) is 0 Å². The Hall–Kier alpha value is 0.0700. The molecule has 0 atom stereocenters. The monoisotopic (exact) mass is 239 g/mol. The summed E-state index contributed by atoms with van der Waals surface area (Å²) in [6.45, 7) is -0.417. The highest BCUT2D eigenvalue weighted by Gasteiger charge is 2.05. The largest absolute Gasteiger partial charge is 0.259 e. The van der Waals surface area contributed by atoms with E-state index < -0.39 is 6.67 Å². The maximum absolute atomic E-state index is 11.8. The Morgan fingerprint density at radius 2 is 2.56 bits per heavy atom. The molecule has 0 fully saturated rings. The van der Waals surface area contributed by atoms with Crippen molar-refractivity contribution in [2.45, 2.75) is 6.42 Å². The van der Waals surface area contributed by atoms with Crippen LogP contribution in [0.1, 0.15) is 6.42 Å². The fraction of sp³-hybridized carbons (Fsp3) is 0.500. The maximum Gasteiger partial charge on any atom is 0.131 e. The van der Waals surface area contributed by atoms with E-state index in [1.54, 1.807) is 0 Å². The van der Waals surface area contributed by atoms with Crippen molar-refractivity contribution in [2.24, 2.45) is 4.99 Å². The Morgan fingerprint density at radius 3 is 2.89 bits per heavy atom. The average molecular weight is 239 g/mol. The van der Waals surface area contributed by atoms with Crippen LogP contribution in [0.15, 0.2) is 16.8 Å². The first-order valence-corrected chi connectivity index (χ1v) is 4.26. The quantitative estimate of drug-likeness (QED) is 0.517. The van der Waals surface area contributed by atoms with Gasteiger partial charge in [0, 0.05) is 16.6 Å². The van der Waals surface area contributed by atoms with Crippen molar-refractivity contribution in [1.82, 2.24) is 0 Å². The van der Waals surface area contributed by atoms with E-state index >= 15 is 0 Å². The molecule has 1 nitrogen and oxygen atoms in total. The van der Waals surface area contributed by atoms with E-state index in [0.29, 0.717) is 5.70 Å². The van der Waals surface area contributed by atoms with Gasteiger partial charge < -0.3 is 0 Å². The second-order valence-electron chi connectivity index (χ2n) is 1.84. The zero-order valence-corrected chi connectivity index (χ0v) is 7.06. The number of hydrogen-bond donors (Lipinski definition) is 0. The lowest BCUT2D eigenvalue weighted by Gasteiger charge is -1.87. The minimum atomic E-state index is -0.417. The van der Waals surface area contributed by atoms with Gasteiger partial charge in [0.05, 0.1) is 5.70 Å². The van der Waals surface area contributed by atoms with Crippen LogP contribution >= 0.6 is 22.6 Å². The van der Waals surface area contributed by atoms with Crippen LogP contribution in [0.4, 0.5) is 4.39 Å². The van der Waals surface area contributed by atoms with Gasteiger partial charge in [-0.05, 0) is 0 Å². The first-order chi connectivity index (χ1) is 4.36. The number of aliphatic imine (C=N–C) groups is 1. The number of nitrogens with zero attached hydrogens (tertiary/aromatic N) is 1. The highest BCUT2D eigenvalue weighted by atomic mass is 127. The lowest BCUT2D eigenvalue weighted by Crippen LogP contribution is -1.92. The zero-order valence-electron chi connectivity index (χ0n) is 4.90. The predicted octanol–water partition coefficient (Wildman–Crippen LogP) is 2.12. The van der Waals surface area contributed by atoms with Crippen LogP contribution in [0.25, 0.3) is 0 Å². The average Bonchev–Trinajstić information content (AvgIpc) is 2.34. The molecular formula is C6H7FIN. The Labute approximate surface area is 67.2 Å². The molecule has 0 amide bonds. The van der Waals surface area contributed by atoms with E-state index in [4.69, 9.17) is 0 Å². The molecule has 0 bridgehead atoms. The second kappa shape index (κ2) is 3.29. The van der Waals surface area contributed by atoms with Crippen molar-refractivity contribution in [3.8, 4) is 0 Å². The molecule has 0 saturated heterocycles. The molecule has 0 N–H and O–H groups in total. The van der Waals surface area contributed by atoms with Crippen molar-refractivity contribution < 1.29 is 4.39 Å². The van der Waals surface area contributed by atoms with Gasteiger partial charge in [0.25, 0.3) is 0 Å². The lowest BCUT2D eigenvalue weighted by molar-refractivity contribution is 0.541. The maximum atomic E-state index is 11.8. The minimum Gasteiger partial charge on any atom is -0.259 e. The van der Waals surface area contributed by atoms with Crippen molar-refractivity contribution in [3.63, 3.8) is 0 Å². The smallest absolute Gasteiger partial charge is 0.131 e. The number of alkyl halides is 2. The first kappa shape index (κ1) is 7.18. The Balaban J connectivity index is 2.52. The van der Waals surface area contributed by atoms with Gasteiger partial charge in [-0.15, -0.1) is 0 Å². The van der Waals surface area contributed by atoms with Crippen LogP contribution in [0.5, 0.6) is 0 Å². The summed E-state index contributed by atoms with van der Waals surface area (Å²) in [7, 11) is 0. The molecule has 0 aromatic heterocycles. The molecule has 1 aliphatic heterocycles. The van der Waals surface area contributed by atoms with Crippen molar-refractivity contribution in [3.05, 3.63) is 11.8 Å². The number of rotatable bonds is 2. The molecule has 0 unspecified atom stereocenters. The molecule has 1 aliphatic rings. The number of hydrogen-bond acceptors (Lipinski definition) is 1. The zero-order chi connectivity index (χ0) is 6.69. The van der Waals surface area contributed by atoms with Crippen LogP contribution in [-0.4, -0.2) is 16.8 Å². The number of allylic oxidation sites excluding steroid dienone is 2. The summed E-state index contributed by atoms with van der Waals surface area (Å²) in [6, 6.07) is 0. The van der Waals surface area contributed by atoms with E-state index in [9.17, 15) is 4.39 Å². The van der Waals surface area contributed by atoms with Gasteiger partial charge in [-0.2, -0.15) is 0 Å². The molecule has 0 aliphatic carbocycles. The van der Waals surface area contributed by atoms with E-state index in [1.807, 2.05) is 6.08 Å². The third-order valence-corrected chi connectivity index (χ3v) is 2.05. The van der Waals surface area contributed by atoms with Crippen molar-refractivity contribution >= 4 is 28.3 Å². The summed E-state index contributed by atoms with van der Waals surface area (Å²) in [4.78, 5) is 4.02. The number of halogens is 2. The molecule has 0 radical (unpaired) electrons. The minimum absolute atomic E-state index is 0.417. The van der Waals surface area contributed by atoms with Gasteiger partial charge in [-0.25, -0.2) is 4.39 Å². The van der Waals surface area contributed by atoms with Crippen molar-refractivity contribution in [2.75, 3.05) is 11.1 Å². The van der Waals surface area contributed by atoms with Gasteiger partial charge in [-0.1, -0.05) is 28.7 Å². The molecule has 0 aromatic rings. The predicted molar refractivity (Wildman–Crippen MR) is 45.0 cm³/mol. The van der Waals surface area contributed by atoms with Crippen LogP contribution in [-0.2, 0) is 0 Å². The Bertz CT molecular complexity index is 162. The SMILES string of the molecule is FCC1=CCC(CI)=N1. The molecule has 1 rings (SSSR count). The Kier molecular flexibility index (Phi) is 2.63. The van der Waals surface area contributed by atoms with Gasteiger partial charge in [-0.3, -0.25) is 4.99 Å². The van der Waals surface area contributed by atoms with Gasteiger partial charge >= 0.3 is 0 Å². The van der Waals surface area contributed by atoms with E-state index in [-0.39, 0.29) is 0 Å². The van der Waals surface area contributed by atoms with Crippen molar-refractivity contribution in [1.29, 1.82) is 0 Å². The third-order valence-electron chi connectivity index (χ3n) is 1.17. The summed E-state index contributed by atoms with van der Waals surface area (Å²) in [6.07, 6.45) is 2.69. The molecular weight excluding hydrogens is 232 g/mol. The molecule has 50 valence electrons. The van der Waals surface area contributed by atoms with Crippen LogP contribution < -0.4 is 0 Å². The summed E-state index contributed by atoms with van der Waals surface area (Å²) in [5.74, 6) is 0. The van der Waals surface area contributed by atoms with Crippen LogP contribution in [0.3, 0.4) is 0 Å². The summed E-state index contributed by atoms with van der Waals surface area (Å²) in [5, 5.41) is 0. The second-order valence-corrected chi connectivity index (χ2v) is 2.61. The van der Waals surface area contributed by atoms with E-state index in [1.165, 1.54) is 0 Å². The summed E-state index contributed by atoms with van der Waals surface area (Å²) < 4.78 is 12.7. The molecule has 3 heteroatoms. The molecule has 0 saturated carbocycles. The fourth-order valence-corrected chi connectivity index (χ4v) is 1.18. The molecule has 0 spiro atoms. The Morgan fingerprint density at radius 1 is 1.78 bits per heavy atom. The van der Waals surface area contributed by atoms with Crippen LogP contribution in [0, 0.1) is 0 Å². The van der Waals surface area contributed by atoms with Gasteiger partial charge in [0.2, 0.25) is 0 Å². The van der Waals surface area contributed by atoms with E-state index in [0.717, 1.165) is 16.6 Å². The van der Waals surface area contributed by atoms with Gasteiger partial charge in [0.1, 0.15) is 6.67 Å². The highest BCUT2D eigenvalue weighted by molar-refractivity contribution is 14.1. The normalized spacial score (nSPS) is 17.6. The molecule has 9 heavy (non-hydrogen) atoms. The lowest BCUT2D eigenvalue weighted by atomic mass is 10.3. The fourth-order valence-electron chi connectivity index (χ4n) is 0.699. The summed E-state index contributed by atoms with van der Waals surface area (Å²) >= 11 is 2.23. The third kappa shape index (κ3) is 1.74. The topological polar surface area (TPSA) is 12.4 Å². The summed E-state index contributed by atoms with van der Waals surface area (Å²) in [5.41, 5.74) is 1.69. The highest BCUT2D eigenvalue weighted by Crippen LogP contribution is 2.11. The standard InChI is InChI=1S/C6H7FIN/c7-3-5-1-2-6(4-8)9-5/h1H,2-4H2. The van der Waals surface area contributed by atoms with E-state index in [2.05, 4.69) is 27.6 Å². The molecule has 0 aromatic carbocycles. The van der Waals surface area contributed by atoms with Crippen LogP contribution in [0.2, 0.25) is 0 Å².